The Morgan fingerprint density at radius 1 is 1.14 bits per heavy atom. The van der Waals surface area contributed by atoms with Gasteiger partial charge in [-0.25, -0.2) is 4.68 Å². The average Bonchev–Trinajstić information content (AvgIpc) is 3.16. The molecule has 0 saturated carbocycles. The summed E-state index contributed by atoms with van der Waals surface area (Å²) in [6.45, 7) is 1.76. The van der Waals surface area contributed by atoms with Gasteiger partial charge in [-0.15, -0.1) is 0 Å². The Bertz CT molecular complexity index is 684. The van der Waals surface area contributed by atoms with Crippen molar-refractivity contribution in [1.29, 1.82) is 0 Å². The summed E-state index contributed by atoms with van der Waals surface area (Å²) in [7, 11) is 1.94. The maximum Gasteiger partial charge on any atom is 0.0690 e. The van der Waals surface area contributed by atoms with E-state index >= 15 is 0 Å². The van der Waals surface area contributed by atoms with Gasteiger partial charge in [-0.1, -0.05) is 18.2 Å². The number of hydrogen-bond acceptors (Lipinski definition) is 3. The van der Waals surface area contributed by atoms with Crippen LogP contribution in [0.25, 0.3) is 5.69 Å². The van der Waals surface area contributed by atoms with E-state index in [1.54, 1.807) is 6.20 Å². The summed E-state index contributed by atoms with van der Waals surface area (Å²) >= 11 is 0. The van der Waals surface area contributed by atoms with Crippen molar-refractivity contribution in [2.45, 2.75) is 13.0 Å². The molecule has 0 bridgehead atoms. The van der Waals surface area contributed by atoms with Crippen LogP contribution in [-0.2, 0) is 20.0 Å². The fraction of sp³-hybridized carbons (Fsp3) is 0.250. The van der Waals surface area contributed by atoms with E-state index in [9.17, 15) is 0 Å². The van der Waals surface area contributed by atoms with Crippen molar-refractivity contribution in [3.63, 3.8) is 0 Å². The highest BCUT2D eigenvalue weighted by molar-refractivity contribution is 5.40. The summed E-state index contributed by atoms with van der Waals surface area (Å²) < 4.78 is 3.74. The third-order valence-corrected chi connectivity index (χ3v) is 3.41. The fourth-order valence-corrected chi connectivity index (χ4v) is 2.35. The molecule has 0 atom stereocenters. The fourth-order valence-electron chi connectivity index (χ4n) is 2.35. The molecule has 0 unspecified atom stereocenters. The molecule has 0 aliphatic heterocycles. The zero-order chi connectivity index (χ0) is 14.5. The third kappa shape index (κ3) is 3.38. The minimum atomic E-state index is 0.830. The first kappa shape index (κ1) is 13.6. The molecule has 3 rings (SSSR count). The quantitative estimate of drug-likeness (QED) is 0.702. The highest BCUT2D eigenvalue weighted by Crippen LogP contribution is 2.13. The smallest absolute Gasteiger partial charge is 0.0690 e. The second kappa shape index (κ2) is 6.37. The molecule has 0 saturated heterocycles. The van der Waals surface area contributed by atoms with Crippen molar-refractivity contribution in [2.75, 3.05) is 6.54 Å². The Kier molecular flexibility index (Phi) is 4.12. The molecular weight excluding hydrogens is 262 g/mol. The third-order valence-electron chi connectivity index (χ3n) is 3.41. The van der Waals surface area contributed by atoms with Crippen molar-refractivity contribution < 1.29 is 0 Å². The number of hydrogen-bond donors (Lipinski definition) is 1. The molecule has 0 fully saturated rings. The lowest BCUT2D eigenvalue weighted by atomic mass is 10.1. The number of aromatic nitrogens is 4. The Morgan fingerprint density at radius 2 is 2.05 bits per heavy atom. The second-order valence-corrected chi connectivity index (χ2v) is 5.03. The van der Waals surface area contributed by atoms with E-state index in [1.165, 1.54) is 11.1 Å². The van der Waals surface area contributed by atoms with Crippen LogP contribution in [0.15, 0.2) is 55.1 Å². The Morgan fingerprint density at radius 3 is 2.81 bits per heavy atom. The van der Waals surface area contributed by atoms with Gasteiger partial charge in [0.2, 0.25) is 0 Å². The van der Waals surface area contributed by atoms with Gasteiger partial charge in [0, 0.05) is 32.2 Å². The van der Waals surface area contributed by atoms with Gasteiger partial charge < -0.3 is 5.32 Å². The Hall–Kier alpha value is -2.40. The monoisotopic (exact) mass is 281 g/mol. The lowest BCUT2D eigenvalue weighted by molar-refractivity contribution is 0.680. The first-order chi connectivity index (χ1) is 10.3. The molecular formula is C16H19N5. The lowest BCUT2D eigenvalue weighted by Crippen LogP contribution is -2.18. The highest BCUT2D eigenvalue weighted by atomic mass is 15.3. The van der Waals surface area contributed by atoms with E-state index in [1.807, 2.05) is 40.9 Å². The first-order valence-corrected chi connectivity index (χ1v) is 7.09. The number of para-hydroxylation sites is 1. The summed E-state index contributed by atoms with van der Waals surface area (Å²) in [6.07, 6.45) is 8.72. The van der Waals surface area contributed by atoms with Crippen molar-refractivity contribution in [3.8, 4) is 5.69 Å². The van der Waals surface area contributed by atoms with Crippen LogP contribution >= 0.6 is 0 Å². The molecule has 0 spiro atoms. The predicted octanol–water partition coefficient (Wildman–Crippen LogP) is 1.94. The van der Waals surface area contributed by atoms with E-state index in [2.05, 4.69) is 39.9 Å². The topological polar surface area (TPSA) is 47.7 Å². The minimum absolute atomic E-state index is 0.830. The standard InChI is InChI=1S/C16H19N5/c1-20-13-14(11-19-20)7-9-17-12-15-5-2-3-6-16(15)21-10-4-8-18-21/h2-6,8,10-11,13,17H,7,9,12H2,1H3. The summed E-state index contributed by atoms with van der Waals surface area (Å²) in [6, 6.07) is 10.3. The van der Waals surface area contributed by atoms with Crippen molar-refractivity contribution >= 4 is 0 Å². The van der Waals surface area contributed by atoms with E-state index in [4.69, 9.17) is 0 Å². The summed E-state index contributed by atoms with van der Waals surface area (Å²) in [5.74, 6) is 0. The molecule has 2 heterocycles. The average molecular weight is 281 g/mol. The molecule has 0 aliphatic rings. The molecule has 0 amide bonds. The Balaban J connectivity index is 1.58. The van der Waals surface area contributed by atoms with Gasteiger partial charge in [0.1, 0.15) is 0 Å². The molecule has 0 radical (unpaired) electrons. The Labute approximate surface area is 124 Å². The zero-order valence-electron chi connectivity index (χ0n) is 12.1. The van der Waals surface area contributed by atoms with E-state index in [0.717, 1.165) is 25.2 Å². The maximum atomic E-state index is 4.30. The van der Waals surface area contributed by atoms with Crippen LogP contribution in [0.1, 0.15) is 11.1 Å². The summed E-state index contributed by atoms with van der Waals surface area (Å²) in [5, 5.41) is 12.0. The number of rotatable bonds is 6. The van der Waals surface area contributed by atoms with E-state index in [0.29, 0.717) is 0 Å². The molecule has 3 aromatic rings. The largest absolute Gasteiger partial charge is 0.312 e. The van der Waals surface area contributed by atoms with Gasteiger partial charge in [0.15, 0.2) is 0 Å². The van der Waals surface area contributed by atoms with Crippen LogP contribution in [0.3, 0.4) is 0 Å². The van der Waals surface area contributed by atoms with Crippen molar-refractivity contribution in [3.05, 3.63) is 66.2 Å². The molecule has 0 aliphatic carbocycles. The van der Waals surface area contributed by atoms with Gasteiger partial charge in [-0.3, -0.25) is 4.68 Å². The van der Waals surface area contributed by atoms with Crippen LogP contribution in [-0.4, -0.2) is 26.1 Å². The second-order valence-electron chi connectivity index (χ2n) is 5.03. The molecule has 1 N–H and O–H groups in total. The predicted molar refractivity (Wildman–Crippen MR) is 82.2 cm³/mol. The normalized spacial score (nSPS) is 10.9. The van der Waals surface area contributed by atoms with Crippen molar-refractivity contribution in [2.24, 2.45) is 7.05 Å². The van der Waals surface area contributed by atoms with Crippen LogP contribution in [0.2, 0.25) is 0 Å². The zero-order valence-corrected chi connectivity index (χ0v) is 12.1. The van der Waals surface area contributed by atoms with Crippen molar-refractivity contribution in [1.82, 2.24) is 24.9 Å². The lowest BCUT2D eigenvalue weighted by Gasteiger charge is -2.10. The van der Waals surface area contributed by atoms with E-state index in [-0.39, 0.29) is 0 Å². The van der Waals surface area contributed by atoms with Gasteiger partial charge in [0.05, 0.1) is 11.9 Å². The van der Waals surface area contributed by atoms with E-state index < -0.39 is 0 Å². The summed E-state index contributed by atoms with van der Waals surface area (Å²) in [5.41, 5.74) is 3.62. The highest BCUT2D eigenvalue weighted by Gasteiger charge is 2.03. The molecule has 2 aromatic heterocycles. The van der Waals surface area contributed by atoms with Gasteiger partial charge in [0.25, 0.3) is 0 Å². The maximum absolute atomic E-state index is 4.30. The number of nitrogens with one attached hydrogen (secondary N) is 1. The number of nitrogens with zero attached hydrogens (tertiary/aromatic N) is 4. The number of aryl methyl sites for hydroxylation is 1. The SMILES string of the molecule is Cn1cc(CCNCc2ccccc2-n2cccn2)cn1. The van der Waals surface area contributed by atoms with Gasteiger partial charge in [-0.05, 0) is 36.2 Å². The first-order valence-electron chi connectivity index (χ1n) is 7.09. The molecule has 1 aromatic carbocycles. The van der Waals surface area contributed by atoms with Crippen LogP contribution in [0.5, 0.6) is 0 Å². The molecule has 5 nitrogen and oxygen atoms in total. The van der Waals surface area contributed by atoms with Crippen LogP contribution < -0.4 is 5.32 Å². The molecule has 108 valence electrons. The summed E-state index contributed by atoms with van der Waals surface area (Å²) in [4.78, 5) is 0. The van der Waals surface area contributed by atoms with Gasteiger partial charge >= 0.3 is 0 Å². The van der Waals surface area contributed by atoms with Crippen LogP contribution in [0, 0.1) is 0 Å². The van der Waals surface area contributed by atoms with Gasteiger partial charge in [-0.2, -0.15) is 10.2 Å². The molecule has 5 heteroatoms. The van der Waals surface area contributed by atoms with Crippen LogP contribution in [0.4, 0.5) is 0 Å². The molecule has 21 heavy (non-hydrogen) atoms. The number of benzene rings is 1. The minimum Gasteiger partial charge on any atom is -0.312 e.